The van der Waals surface area contributed by atoms with E-state index in [9.17, 15) is 9.59 Å². The highest BCUT2D eigenvalue weighted by Crippen LogP contribution is 2.28. The van der Waals surface area contributed by atoms with Crippen LogP contribution >= 0.6 is 0 Å². The molecule has 148 valence electrons. The zero-order valence-electron chi connectivity index (χ0n) is 16.3. The number of aryl methyl sites for hydroxylation is 1. The molecule has 1 atom stereocenters. The van der Waals surface area contributed by atoms with Crippen molar-refractivity contribution in [2.45, 2.75) is 63.6 Å². The number of benzene rings is 1. The molecule has 1 N–H and O–H groups in total. The van der Waals surface area contributed by atoms with Gasteiger partial charge in [-0.05, 0) is 43.4 Å². The summed E-state index contributed by atoms with van der Waals surface area (Å²) in [6.07, 6.45) is 9.34. The fraction of sp³-hybridized carbons (Fsp3) is 0.478. The average molecular weight is 380 g/mol. The predicted molar refractivity (Wildman–Crippen MR) is 109 cm³/mol. The maximum atomic E-state index is 13.2. The Morgan fingerprint density at radius 1 is 1.04 bits per heavy atom. The number of carbonyl (C=O) groups excluding carboxylic acids is 2. The number of carbonyl (C=O) groups is 2. The largest absolute Gasteiger partial charge is 0.351 e. The van der Waals surface area contributed by atoms with Crippen LogP contribution in [0.15, 0.2) is 48.7 Å². The van der Waals surface area contributed by atoms with Gasteiger partial charge in [0.05, 0.1) is 5.69 Å². The van der Waals surface area contributed by atoms with Gasteiger partial charge in [-0.25, -0.2) is 0 Å². The Hall–Kier alpha value is -2.56. The molecule has 1 saturated carbocycles. The van der Waals surface area contributed by atoms with Gasteiger partial charge in [-0.15, -0.1) is 0 Å². The number of fused-ring (bicyclic) bond motifs is 1. The molecule has 2 aliphatic rings. The first-order valence-corrected chi connectivity index (χ1v) is 10.5. The van der Waals surface area contributed by atoms with Crippen LogP contribution in [0.3, 0.4) is 0 Å². The molecule has 28 heavy (non-hydrogen) atoms. The number of nitrogens with zero attached hydrogens (tertiary/aromatic N) is 2. The monoisotopic (exact) mass is 379 g/mol. The maximum Gasteiger partial charge on any atom is 0.249 e. The minimum absolute atomic E-state index is 0.0281. The summed E-state index contributed by atoms with van der Waals surface area (Å²) in [5, 5.41) is 3.23. The van der Waals surface area contributed by atoms with Crippen molar-refractivity contribution in [2.24, 2.45) is 0 Å². The quantitative estimate of drug-likeness (QED) is 0.836. The van der Waals surface area contributed by atoms with E-state index in [2.05, 4.69) is 17.4 Å². The third-order valence-corrected chi connectivity index (χ3v) is 5.99. The van der Waals surface area contributed by atoms with Crippen LogP contribution in [0.4, 0.5) is 0 Å². The second kappa shape index (κ2) is 8.63. The van der Waals surface area contributed by atoms with Gasteiger partial charge in [0.2, 0.25) is 11.8 Å². The molecule has 1 fully saturated rings. The molecule has 1 aliphatic carbocycles. The smallest absolute Gasteiger partial charge is 0.249 e. The second-order valence-corrected chi connectivity index (χ2v) is 7.98. The zero-order valence-corrected chi connectivity index (χ0v) is 16.3. The van der Waals surface area contributed by atoms with E-state index in [0.29, 0.717) is 13.1 Å². The van der Waals surface area contributed by atoms with Gasteiger partial charge in [0.15, 0.2) is 6.04 Å². The Morgan fingerprint density at radius 2 is 1.82 bits per heavy atom. The number of hydrogen-bond donors (Lipinski definition) is 1. The topological polar surface area (TPSA) is 54.3 Å². The first-order chi connectivity index (χ1) is 13.7. The van der Waals surface area contributed by atoms with E-state index in [1.807, 2.05) is 41.1 Å². The van der Waals surface area contributed by atoms with Gasteiger partial charge in [-0.2, -0.15) is 0 Å². The van der Waals surface area contributed by atoms with Crippen LogP contribution in [0, 0.1) is 0 Å². The van der Waals surface area contributed by atoms with E-state index in [1.165, 1.54) is 24.8 Å². The summed E-state index contributed by atoms with van der Waals surface area (Å²) in [6, 6.07) is 13.9. The van der Waals surface area contributed by atoms with E-state index in [4.69, 9.17) is 0 Å². The van der Waals surface area contributed by atoms with Crippen molar-refractivity contribution in [1.29, 1.82) is 0 Å². The van der Waals surface area contributed by atoms with Crippen LogP contribution in [0.2, 0.25) is 0 Å². The summed E-state index contributed by atoms with van der Waals surface area (Å²) in [4.78, 5) is 27.8. The molecule has 5 nitrogen and oxygen atoms in total. The maximum absolute atomic E-state index is 13.2. The molecule has 0 radical (unpaired) electrons. The van der Waals surface area contributed by atoms with Gasteiger partial charge in [0, 0.05) is 18.8 Å². The minimum atomic E-state index is -0.519. The minimum Gasteiger partial charge on any atom is -0.351 e. The SMILES string of the molecule is O=C(NC1CCCCC1)C1c2cccn2CC(=O)N1CCCc1ccccc1. The molecule has 1 aliphatic heterocycles. The molecule has 0 spiro atoms. The summed E-state index contributed by atoms with van der Waals surface area (Å²) in [6.45, 7) is 0.919. The Bertz CT molecular complexity index is 808. The third kappa shape index (κ3) is 4.13. The fourth-order valence-corrected chi connectivity index (χ4v) is 4.51. The molecule has 1 aromatic heterocycles. The zero-order chi connectivity index (χ0) is 19.3. The normalized spacial score (nSPS) is 20.1. The van der Waals surface area contributed by atoms with Crippen LogP contribution < -0.4 is 5.32 Å². The van der Waals surface area contributed by atoms with Crippen molar-refractivity contribution < 1.29 is 9.59 Å². The lowest BCUT2D eigenvalue weighted by Gasteiger charge is -2.37. The molecular formula is C23H29N3O2. The highest BCUT2D eigenvalue weighted by molar-refractivity contribution is 5.90. The van der Waals surface area contributed by atoms with Gasteiger partial charge in [0.1, 0.15) is 6.54 Å². The van der Waals surface area contributed by atoms with E-state index < -0.39 is 6.04 Å². The summed E-state index contributed by atoms with van der Waals surface area (Å²) in [7, 11) is 0. The van der Waals surface area contributed by atoms with Gasteiger partial charge in [-0.3, -0.25) is 9.59 Å². The Kier molecular flexibility index (Phi) is 5.79. The standard InChI is InChI=1S/C23H29N3O2/c27-21-17-25-15-8-14-20(25)22(23(28)24-19-12-5-2-6-13-19)26(21)16-7-11-18-9-3-1-4-10-18/h1,3-4,8-10,14-15,19,22H,2,5-7,11-13,16-17H2,(H,24,28). The molecule has 0 bridgehead atoms. The molecule has 2 heterocycles. The van der Waals surface area contributed by atoms with Crippen LogP contribution in [0.5, 0.6) is 0 Å². The van der Waals surface area contributed by atoms with Gasteiger partial charge in [0.25, 0.3) is 0 Å². The number of amides is 2. The van der Waals surface area contributed by atoms with Crippen LogP contribution in [-0.4, -0.2) is 33.9 Å². The second-order valence-electron chi connectivity index (χ2n) is 7.98. The lowest BCUT2D eigenvalue weighted by atomic mass is 9.95. The summed E-state index contributed by atoms with van der Waals surface area (Å²) < 4.78 is 1.92. The Labute approximate surface area is 166 Å². The Balaban J connectivity index is 1.47. The average Bonchev–Trinajstić information content (AvgIpc) is 3.17. The first-order valence-electron chi connectivity index (χ1n) is 10.5. The lowest BCUT2D eigenvalue weighted by molar-refractivity contribution is -0.144. The molecular weight excluding hydrogens is 350 g/mol. The van der Waals surface area contributed by atoms with E-state index in [0.717, 1.165) is 31.4 Å². The first kappa shape index (κ1) is 18.8. The van der Waals surface area contributed by atoms with E-state index >= 15 is 0 Å². The van der Waals surface area contributed by atoms with Crippen molar-refractivity contribution in [3.8, 4) is 0 Å². The molecule has 0 saturated heterocycles. The molecule has 2 amide bonds. The van der Waals surface area contributed by atoms with Crippen LogP contribution in [0.1, 0.15) is 55.8 Å². The molecule has 5 heteroatoms. The van der Waals surface area contributed by atoms with Gasteiger partial charge < -0.3 is 14.8 Å². The molecule has 1 aromatic carbocycles. The highest BCUT2D eigenvalue weighted by Gasteiger charge is 2.37. The molecule has 2 aromatic rings. The summed E-state index contributed by atoms with van der Waals surface area (Å²) in [5.41, 5.74) is 2.19. The van der Waals surface area contributed by atoms with Crippen LogP contribution in [0.25, 0.3) is 0 Å². The third-order valence-electron chi connectivity index (χ3n) is 5.99. The Morgan fingerprint density at radius 3 is 2.61 bits per heavy atom. The number of nitrogens with one attached hydrogen (secondary N) is 1. The van der Waals surface area contributed by atoms with Crippen molar-refractivity contribution in [3.63, 3.8) is 0 Å². The van der Waals surface area contributed by atoms with Crippen molar-refractivity contribution >= 4 is 11.8 Å². The van der Waals surface area contributed by atoms with E-state index in [-0.39, 0.29) is 17.9 Å². The van der Waals surface area contributed by atoms with Crippen molar-refractivity contribution in [2.75, 3.05) is 6.54 Å². The molecule has 1 unspecified atom stereocenters. The summed E-state index contributed by atoms with van der Waals surface area (Å²) >= 11 is 0. The van der Waals surface area contributed by atoms with Crippen molar-refractivity contribution in [1.82, 2.24) is 14.8 Å². The van der Waals surface area contributed by atoms with E-state index in [1.54, 1.807) is 4.90 Å². The number of hydrogen-bond acceptors (Lipinski definition) is 2. The predicted octanol–water partition coefficient (Wildman–Crippen LogP) is 3.45. The molecule has 4 rings (SSSR count). The summed E-state index contributed by atoms with van der Waals surface area (Å²) in [5.74, 6) is 0.000155. The lowest BCUT2D eigenvalue weighted by Crippen LogP contribution is -2.51. The van der Waals surface area contributed by atoms with Crippen LogP contribution in [-0.2, 0) is 22.6 Å². The highest BCUT2D eigenvalue weighted by atomic mass is 16.2. The number of rotatable bonds is 6. The van der Waals surface area contributed by atoms with Gasteiger partial charge in [-0.1, -0.05) is 49.6 Å². The van der Waals surface area contributed by atoms with Crippen molar-refractivity contribution in [3.05, 3.63) is 59.9 Å². The number of aromatic nitrogens is 1. The fourth-order valence-electron chi connectivity index (χ4n) is 4.51. The van der Waals surface area contributed by atoms with Gasteiger partial charge >= 0.3 is 0 Å².